The minimum atomic E-state index is -0.431. The summed E-state index contributed by atoms with van der Waals surface area (Å²) < 4.78 is 0.955. The highest BCUT2D eigenvalue weighted by Crippen LogP contribution is 2.27. The van der Waals surface area contributed by atoms with Crippen LogP contribution in [0.1, 0.15) is 40.9 Å². The van der Waals surface area contributed by atoms with E-state index in [0.29, 0.717) is 5.56 Å². The Morgan fingerprint density at radius 1 is 1.00 bits per heavy atom. The summed E-state index contributed by atoms with van der Waals surface area (Å²) in [5.74, 6) is 0.0370. The van der Waals surface area contributed by atoms with Gasteiger partial charge in [0.05, 0.1) is 11.0 Å². The lowest BCUT2D eigenvalue weighted by atomic mass is 9.97. The summed E-state index contributed by atoms with van der Waals surface area (Å²) in [7, 11) is 0. The van der Waals surface area contributed by atoms with Gasteiger partial charge in [0, 0.05) is 34.3 Å². The molecule has 0 aliphatic heterocycles. The lowest BCUT2D eigenvalue weighted by Gasteiger charge is -2.20. The highest BCUT2D eigenvalue weighted by molar-refractivity contribution is 9.10. The van der Waals surface area contributed by atoms with Crippen LogP contribution in [0.2, 0.25) is 0 Å². The van der Waals surface area contributed by atoms with E-state index >= 15 is 0 Å². The van der Waals surface area contributed by atoms with E-state index in [1.165, 1.54) is 17.7 Å². The van der Waals surface area contributed by atoms with Crippen molar-refractivity contribution in [2.75, 3.05) is 5.32 Å². The van der Waals surface area contributed by atoms with Gasteiger partial charge >= 0.3 is 0 Å². The highest BCUT2D eigenvalue weighted by atomic mass is 79.9. The Labute approximate surface area is 178 Å². The highest BCUT2D eigenvalue weighted by Gasteiger charge is 2.18. The Balaban J connectivity index is 1.83. The first kappa shape index (κ1) is 20.7. The molecule has 0 aromatic heterocycles. The molecule has 0 bridgehead atoms. The molecular weight excluding hydrogens is 432 g/mol. The van der Waals surface area contributed by atoms with Gasteiger partial charge < -0.3 is 5.32 Å². The topological polar surface area (TPSA) is 72.2 Å². The Morgan fingerprint density at radius 2 is 1.62 bits per heavy atom. The van der Waals surface area contributed by atoms with Crippen molar-refractivity contribution < 1.29 is 9.72 Å². The molecule has 6 heteroatoms. The van der Waals surface area contributed by atoms with Crippen molar-refractivity contribution in [3.05, 3.63) is 104 Å². The Bertz CT molecular complexity index is 984. The molecule has 3 aromatic rings. The van der Waals surface area contributed by atoms with E-state index < -0.39 is 4.92 Å². The van der Waals surface area contributed by atoms with Crippen LogP contribution >= 0.6 is 15.9 Å². The summed E-state index contributed by atoms with van der Waals surface area (Å²) in [6.07, 6.45) is 1.20. The fraction of sp³-hybridized carbons (Fsp3) is 0.174. The van der Waals surface area contributed by atoms with Gasteiger partial charge in [-0.1, -0.05) is 59.3 Å². The third-order valence-corrected chi connectivity index (χ3v) is 5.29. The monoisotopic (exact) mass is 452 g/mol. The number of hydrogen-bond donors (Lipinski definition) is 1. The average molecular weight is 453 g/mol. The number of halogens is 1. The first-order chi connectivity index (χ1) is 14.0. The molecule has 0 saturated carbocycles. The van der Waals surface area contributed by atoms with Gasteiger partial charge in [-0.05, 0) is 41.8 Å². The first-order valence-electron chi connectivity index (χ1n) is 9.35. The van der Waals surface area contributed by atoms with Gasteiger partial charge in [0.1, 0.15) is 0 Å². The lowest BCUT2D eigenvalue weighted by molar-refractivity contribution is -0.384. The molecular formula is C23H21BrN2O3. The van der Waals surface area contributed by atoms with Crippen molar-refractivity contribution in [1.29, 1.82) is 0 Å². The summed E-state index contributed by atoms with van der Waals surface area (Å²) >= 11 is 3.43. The van der Waals surface area contributed by atoms with Gasteiger partial charge in [0.15, 0.2) is 5.78 Å². The van der Waals surface area contributed by atoms with Crippen LogP contribution in [0.5, 0.6) is 0 Å². The number of Topliss-reactive ketones (excluding diaryl/α,β-unsaturated/α-hetero) is 1. The zero-order chi connectivity index (χ0) is 20.8. The summed E-state index contributed by atoms with van der Waals surface area (Å²) in [4.78, 5) is 23.3. The molecule has 0 saturated heterocycles. The summed E-state index contributed by atoms with van der Waals surface area (Å²) in [5, 5.41) is 14.2. The second-order valence-corrected chi connectivity index (χ2v) is 7.65. The van der Waals surface area contributed by atoms with Gasteiger partial charge in [0.2, 0.25) is 0 Å². The number of nitro groups is 1. The Kier molecular flexibility index (Phi) is 6.77. The molecule has 1 N–H and O–H groups in total. The minimum Gasteiger partial charge on any atom is -0.378 e. The maximum Gasteiger partial charge on any atom is 0.269 e. The Hall–Kier alpha value is -2.99. The van der Waals surface area contributed by atoms with E-state index in [1.54, 1.807) is 12.1 Å². The second-order valence-electron chi connectivity index (χ2n) is 6.73. The van der Waals surface area contributed by atoms with Crippen LogP contribution in [-0.2, 0) is 6.42 Å². The van der Waals surface area contributed by atoms with Gasteiger partial charge in [-0.25, -0.2) is 0 Å². The van der Waals surface area contributed by atoms with Crippen molar-refractivity contribution in [1.82, 2.24) is 0 Å². The van der Waals surface area contributed by atoms with Crippen molar-refractivity contribution >= 4 is 33.1 Å². The molecule has 0 aliphatic rings. The third-order valence-electron chi connectivity index (χ3n) is 4.77. The zero-order valence-corrected chi connectivity index (χ0v) is 17.6. The number of benzene rings is 3. The number of carbonyl (C=O) groups excluding carboxylic acids is 1. The van der Waals surface area contributed by atoms with E-state index in [2.05, 4.69) is 28.2 Å². The van der Waals surface area contributed by atoms with Crippen molar-refractivity contribution in [3.63, 3.8) is 0 Å². The van der Waals surface area contributed by atoms with Crippen molar-refractivity contribution in [2.45, 2.75) is 25.8 Å². The van der Waals surface area contributed by atoms with Gasteiger partial charge in [-0.2, -0.15) is 0 Å². The number of ketones is 1. The minimum absolute atomic E-state index is 0.0304. The first-order valence-corrected chi connectivity index (χ1v) is 10.1. The number of carbonyl (C=O) groups is 1. The van der Waals surface area contributed by atoms with Crippen LogP contribution in [0, 0.1) is 10.1 Å². The number of nitro benzene ring substituents is 1. The van der Waals surface area contributed by atoms with E-state index in [0.717, 1.165) is 22.1 Å². The molecule has 5 nitrogen and oxygen atoms in total. The van der Waals surface area contributed by atoms with Crippen molar-refractivity contribution in [2.24, 2.45) is 0 Å². The van der Waals surface area contributed by atoms with Crippen LogP contribution in [0.15, 0.2) is 77.3 Å². The van der Waals surface area contributed by atoms with Crippen LogP contribution in [-0.4, -0.2) is 10.7 Å². The number of nitrogens with one attached hydrogen (secondary N) is 1. The number of anilines is 1. The van der Waals surface area contributed by atoms with E-state index in [-0.39, 0.29) is 23.9 Å². The van der Waals surface area contributed by atoms with Crippen LogP contribution < -0.4 is 5.32 Å². The number of non-ortho nitro benzene ring substituents is 1. The molecule has 3 rings (SSSR count). The standard InChI is InChI=1S/C23H21BrN2O3/c1-2-16-3-5-18(6-4-16)23(27)15-22(17-7-9-19(24)10-8-17)25-20-11-13-21(14-12-20)26(28)29/h3-14,22,25H,2,15H2,1H3. The number of hydrogen-bond acceptors (Lipinski definition) is 4. The lowest BCUT2D eigenvalue weighted by Crippen LogP contribution is -2.16. The molecule has 0 fully saturated rings. The predicted octanol–water partition coefficient (Wildman–Crippen LogP) is 6.35. The molecule has 1 unspecified atom stereocenters. The SMILES string of the molecule is CCc1ccc(C(=O)CC(Nc2ccc([N+](=O)[O-])cc2)c2ccc(Br)cc2)cc1. The number of aryl methyl sites for hydroxylation is 1. The van der Waals surface area contributed by atoms with Gasteiger partial charge in [0.25, 0.3) is 5.69 Å². The number of nitrogens with zero attached hydrogens (tertiary/aromatic N) is 1. The molecule has 29 heavy (non-hydrogen) atoms. The predicted molar refractivity (Wildman–Crippen MR) is 118 cm³/mol. The molecule has 3 aromatic carbocycles. The van der Waals surface area contributed by atoms with E-state index in [1.807, 2.05) is 48.5 Å². The fourth-order valence-corrected chi connectivity index (χ4v) is 3.32. The molecule has 0 amide bonds. The average Bonchev–Trinajstić information content (AvgIpc) is 2.74. The quantitative estimate of drug-likeness (QED) is 0.245. The van der Waals surface area contributed by atoms with E-state index in [4.69, 9.17) is 0 Å². The maximum atomic E-state index is 12.9. The molecule has 0 aliphatic carbocycles. The molecule has 0 spiro atoms. The van der Waals surface area contributed by atoms with Crippen LogP contribution in [0.3, 0.4) is 0 Å². The summed E-state index contributed by atoms with van der Waals surface area (Å²) in [6.45, 7) is 2.08. The Morgan fingerprint density at radius 3 is 2.17 bits per heavy atom. The van der Waals surface area contributed by atoms with Crippen LogP contribution in [0.25, 0.3) is 0 Å². The van der Waals surface area contributed by atoms with Gasteiger partial charge in [-0.3, -0.25) is 14.9 Å². The van der Waals surface area contributed by atoms with Crippen LogP contribution in [0.4, 0.5) is 11.4 Å². The van der Waals surface area contributed by atoms with Gasteiger partial charge in [-0.15, -0.1) is 0 Å². The van der Waals surface area contributed by atoms with E-state index in [9.17, 15) is 14.9 Å². The van der Waals surface area contributed by atoms with Crippen molar-refractivity contribution in [3.8, 4) is 0 Å². The molecule has 0 radical (unpaired) electrons. The summed E-state index contributed by atoms with van der Waals surface area (Å²) in [6, 6.07) is 21.4. The third kappa shape index (κ3) is 5.51. The second kappa shape index (κ2) is 9.47. The largest absolute Gasteiger partial charge is 0.378 e. The zero-order valence-electron chi connectivity index (χ0n) is 16.0. The summed E-state index contributed by atoms with van der Waals surface area (Å²) in [5.41, 5.74) is 3.58. The fourth-order valence-electron chi connectivity index (χ4n) is 3.06. The molecule has 1 atom stereocenters. The maximum absolute atomic E-state index is 12.9. The number of rotatable bonds is 8. The molecule has 148 valence electrons. The smallest absolute Gasteiger partial charge is 0.269 e. The normalized spacial score (nSPS) is 11.7. The molecule has 0 heterocycles.